The third-order valence-electron chi connectivity index (χ3n) is 4.05. The Morgan fingerprint density at radius 1 is 1.62 bits per heavy atom. The van der Waals surface area contributed by atoms with E-state index in [1.54, 1.807) is 11.6 Å². The van der Waals surface area contributed by atoms with Crippen LogP contribution in [0.5, 0.6) is 0 Å². The van der Waals surface area contributed by atoms with E-state index in [0.717, 1.165) is 25.0 Å². The average Bonchev–Trinajstić information content (AvgIpc) is 3.23. The van der Waals surface area contributed by atoms with Gasteiger partial charge in [0.2, 0.25) is 0 Å². The zero-order valence-corrected chi connectivity index (χ0v) is 13.2. The summed E-state index contributed by atoms with van der Waals surface area (Å²) in [6, 6.07) is 0.296. The van der Waals surface area contributed by atoms with Gasteiger partial charge < -0.3 is 10.4 Å². The molecule has 8 heteroatoms. The molecule has 118 valence electrons. The minimum atomic E-state index is -0.859. The second-order valence-corrected chi connectivity index (χ2v) is 6.42. The summed E-state index contributed by atoms with van der Waals surface area (Å²) in [4.78, 5) is 23.0. The molecule has 1 aliphatic rings. The first-order valence-corrected chi connectivity index (χ1v) is 8.24. The van der Waals surface area contributed by atoms with Crippen molar-refractivity contribution in [2.75, 3.05) is 12.8 Å². The Kier molecular flexibility index (Phi) is 5.10. The Hall–Kier alpha value is -1.28. The molecule has 0 bridgehead atoms. The van der Waals surface area contributed by atoms with E-state index in [9.17, 15) is 14.7 Å². The van der Waals surface area contributed by atoms with Crippen molar-refractivity contribution in [1.82, 2.24) is 20.1 Å². The van der Waals surface area contributed by atoms with Crippen LogP contribution in [0, 0.1) is 0 Å². The lowest BCUT2D eigenvalue weighted by Gasteiger charge is -2.27. The van der Waals surface area contributed by atoms with Crippen LogP contribution in [0.25, 0.3) is 0 Å². The highest BCUT2D eigenvalue weighted by Gasteiger charge is 2.34. The molecule has 7 nitrogen and oxygen atoms in total. The van der Waals surface area contributed by atoms with Crippen LogP contribution in [0.2, 0.25) is 0 Å². The fourth-order valence-corrected chi connectivity index (χ4v) is 3.38. The summed E-state index contributed by atoms with van der Waals surface area (Å²) in [6.07, 6.45) is 3.91. The number of aromatic nitrogens is 3. The molecule has 1 aliphatic carbocycles. The van der Waals surface area contributed by atoms with Crippen LogP contribution in [0.3, 0.4) is 0 Å². The molecule has 0 radical (unpaired) electrons. The Morgan fingerprint density at radius 2 is 2.33 bits per heavy atom. The number of hydrogen-bond donors (Lipinski definition) is 3. The van der Waals surface area contributed by atoms with E-state index in [1.165, 1.54) is 11.8 Å². The minimum absolute atomic E-state index is 0.149. The largest absolute Gasteiger partial charge is 0.480 e. The van der Waals surface area contributed by atoms with Crippen LogP contribution in [0.4, 0.5) is 0 Å². The Bertz CT molecular complexity index is 546. The maximum atomic E-state index is 11.6. The highest BCUT2D eigenvalue weighted by atomic mass is 32.2. The lowest BCUT2D eigenvalue weighted by molar-refractivity contribution is -0.145. The second-order valence-electron chi connectivity index (χ2n) is 5.36. The maximum Gasteiger partial charge on any atom is 0.344 e. The molecule has 0 spiro atoms. The van der Waals surface area contributed by atoms with Crippen LogP contribution in [-0.2, 0) is 4.79 Å². The van der Waals surface area contributed by atoms with Crippen molar-refractivity contribution in [2.45, 2.75) is 55.8 Å². The fraction of sp³-hybridized carbons (Fsp3) is 0.769. The van der Waals surface area contributed by atoms with Crippen LogP contribution in [0.1, 0.15) is 45.1 Å². The molecule has 2 rings (SSSR count). The molecule has 0 aliphatic heterocycles. The van der Waals surface area contributed by atoms with Gasteiger partial charge in [0, 0.05) is 11.8 Å². The van der Waals surface area contributed by atoms with Crippen molar-refractivity contribution in [3.8, 4) is 0 Å². The molecule has 21 heavy (non-hydrogen) atoms. The zero-order chi connectivity index (χ0) is 15.5. The van der Waals surface area contributed by atoms with Gasteiger partial charge in [0.05, 0.1) is 0 Å². The van der Waals surface area contributed by atoms with E-state index in [-0.39, 0.29) is 5.69 Å². The number of carboxylic acid groups (broad SMARTS) is 1. The van der Waals surface area contributed by atoms with Crippen LogP contribution < -0.4 is 11.0 Å². The molecule has 0 amide bonds. The van der Waals surface area contributed by atoms with E-state index in [2.05, 4.69) is 15.5 Å². The molecule has 1 fully saturated rings. The molecule has 1 aromatic rings. The molecular weight excluding hydrogens is 292 g/mol. The van der Waals surface area contributed by atoms with Crippen LogP contribution in [0.15, 0.2) is 9.95 Å². The Labute approximate surface area is 127 Å². The van der Waals surface area contributed by atoms with Gasteiger partial charge in [0.15, 0.2) is 5.16 Å². The number of carboxylic acids is 1. The number of thioether (sulfide) groups is 1. The molecular formula is C13H22N4O3S. The molecule has 0 saturated heterocycles. The second kappa shape index (κ2) is 6.65. The number of rotatable bonds is 9. The summed E-state index contributed by atoms with van der Waals surface area (Å²) in [5, 5.41) is 19.5. The van der Waals surface area contributed by atoms with Gasteiger partial charge in [0.25, 0.3) is 0 Å². The van der Waals surface area contributed by atoms with Gasteiger partial charge in [-0.25, -0.2) is 9.89 Å². The van der Waals surface area contributed by atoms with E-state index in [1.807, 2.05) is 6.92 Å². The van der Waals surface area contributed by atoms with Gasteiger partial charge >= 0.3 is 11.7 Å². The zero-order valence-electron chi connectivity index (χ0n) is 12.4. The van der Waals surface area contributed by atoms with Gasteiger partial charge in [-0.1, -0.05) is 18.7 Å². The van der Waals surface area contributed by atoms with Gasteiger partial charge in [-0.3, -0.25) is 9.36 Å². The monoisotopic (exact) mass is 314 g/mol. The maximum absolute atomic E-state index is 11.6. The Morgan fingerprint density at radius 3 is 2.86 bits per heavy atom. The molecule has 0 aromatic carbocycles. The first-order valence-electron chi connectivity index (χ1n) is 7.26. The van der Waals surface area contributed by atoms with Gasteiger partial charge in [-0.05, 0) is 39.2 Å². The van der Waals surface area contributed by atoms with Crippen molar-refractivity contribution in [3.05, 3.63) is 10.5 Å². The average molecular weight is 314 g/mol. The smallest absolute Gasteiger partial charge is 0.344 e. The fourth-order valence-electron chi connectivity index (χ4n) is 2.43. The standard InChI is InChI=1S/C13H22N4O3S/c1-3-13(14-2,10(18)19)7-4-8-21-12-16-15-11(20)17(12)9-5-6-9/h9,14H,3-8H2,1-2H3,(H,15,20)(H,18,19). The van der Waals surface area contributed by atoms with E-state index < -0.39 is 11.5 Å². The van der Waals surface area contributed by atoms with Crippen molar-refractivity contribution in [3.63, 3.8) is 0 Å². The van der Waals surface area contributed by atoms with E-state index in [4.69, 9.17) is 0 Å². The third kappa shape index (κ3) is 3.49. The number of aliphatic carboxylic acids is 1. The van der Waals surface area contributed by atoms with Crippen molar-refractivity contribution in [2.24, 2.45) is 0 Å². The highest BCUT2D eigenvalue weighted by Crippen LogP contribution is 2.36. The molecule has 1 unspecified atom stereocenters. The summed E-state index contributed by atoms with van der Waals surface area (Å²) in [5.41, 5.74) is -1.01. The van der Waals surface area contributed by atoms with Crippen molar-refractivity contribution < 1.29 is 9.90 Å². The Balaban J connectivity index is 1.87. The summed E-state index contributed by atoms with van der Waals surface area (Å²) in [7, 11) is 1.68. The first kappa shape index (κ1) is 16.1. The number of nitrogens with zero attached hydrogens (tertiary/aromatic N) is 2. The van der Waals surface area contributed by atoms with Gasteiger partial charge in [-0.2, -0.15) is 0 Å². The highest BCUT2D eigenvalue weighted by molar-refractivity contribution is 7.99. The molecule has 3 N–H and O–H groups in total. The number of aromatic amines is 1. The summed E-state index contributed by atoms with van der Waals surface area (Å²) >= 11 is 1.51. The van der Waals surface area contributed by atoms with E-state index >= 15 is 0 Å². The third-order valence-corrected chi connectivity index (χ3v) is 5.09. The number of hydrogen-bond acceptors (Lipinski definition) is 5. The summed E-state index contributed by atoms with van der Waals surface area (Å²) in [6.45, 7) is 1.87. The van der Waals surface area contributed by atoms with Crippen LogP contribution in [-0.4, -0.2) is 44.2 Å². The van der Waals surface area contributed by atoms with Crippen LogP contribution >= 0.6 is 11.8 Å². The van der Waals surface area contributed by atoms with Gasteiger partial charge in [0.1, 0.15) is 5.54 Å². The predicted octanol–water partition coefficient (Wildman–Crippen LogP) is 1.23. The first-order chi connectivity index (χ1) is 10.0. The molecule has 1 aromatic heterocycles. The predicted molar refractivity (Wildman–Crippen MR) is 80.8 cm³/mol. The molecule has 1 atom stereocenters. The summed E-state index contributed by atoms with van der Waals surface area (Å²) in [5.74, 6) is -0.0690. The number of nitrogens with one attached hydrogen (secondary N) is 2. The molecule has 1 heterocycles. The van der Waals surface area contributed by atoms with Crippen molar-refractivity contribution in [1.29, 1.82) is 0 Å². The number of H-pyrrole nitrogens is 1. The van der Waals surface area contributed by atoms with Crippen molar-refractivity contribution >= 4 is 17.7 Å². The minimum Gasteiger partial charge on any atom is -0.480 e. The number of carbonyl (C=O) groups is 1. The lowest BCUT2D eigenvalue weighted by Crippen LogP contribution is -2.49. The number of likely N-dealkylation sites (N-methyl/N-ethyl adjacent to an activating group) is 1. The van der Waals surface area contributed by atoms with Gasteiger partial charge in [-0.15, -0.1) is 5.10 Å². The van der Waals surface area contributed by atoms with E-state index in [0.29, 0.717) is 24.0 Å². The lowest BCUT2D eigenvalue weighted by atomic mass is 9.91. The SMILES string of the molecule is CCC(CCCSc1n[nH]c(=O)n1C1CC1)(NC)C(=O)O. The summed E-state index contributed by atoms with van der Waals surface area (Å²) < 4.78 is 1.72. The quantitative estimate of drug-likeness (QED) is 0.468. The topological polar surface area (TPSA) is 100 Å². The molecule has 1 saturated carbocycles. The normalized spacial score (nSPS) is 17.6.